The number of rotatable bonds is 5. The summed E-state index contributed by atoms with van der Waals surface area (Å²) in [4.78, 5) is 21.8. The summed E-state index contributed by atoms with van der Waals surface area (Å²) in [5.41, 5.74) is 0. The van der Waals surface area contributed by atoms with Gasteiger partial charge < -0.3 is 9.80 Å². The Balaban J connectivity index is 2.91. The van der Waals surface area contributed by atoms with Gasteiger partial charge in [0.25, 0.3) is 0 Å². The summed E-state index contributed by atoms with van der Waals surface area (Å²) >= 11 is 0. The highest BCUT2D eigenvalue weighted by Crippen LogP contribution is 2.16. The number of pyridine rings is 1. The van der Waals surface area contributed by atoms with Crippen molar-refractivity contribution in [2.75, 3.05) is 51.1 Å². The second-order valence-corrected chi connectivity index (χ2v) is 4.72. The van der Waals surface area contributed by atoms with E-state index in [-0.39, 0.29) is 5.91 Å². The van der Waals surface area contributed by atoms with Gasteiger partial charge in [-0.1, -0.05) is 6.07 Å². The maximum atomic E-state index is 11.7. The van der Waals surface area contributed by atoms with E-state index in [1.807, 2.05) is 56.2 Å². The molecule has 0 saturated heterocycles. The Morgan fingerprint density at radius 1 is 1.11 bits per heavy atom. The normalized spacial score (nSPS) is 10.6. The van der Waals surface area contributed by atoms with Crippen LogP contribution in [0.3, 0.4) is 0 Å². The molecule has 0 aliphatic carbocycles. The maximum absolute atomic E-state index is 11.7. The van der Waals surface area contributed by atoms with E-state index in [9.17, 15) is 4.79 Å². The Morgan fingerprint density at radius 3 is 2.22 bits per heavy atom. The zero-order valence-electron chi connectivity index (χ0n) is 11.8. The van der Waals surface area contributed by atoms with Crippen LogP contribution in [0.1, 0.15) is 6.92 Å². The lowest BCUT2D eigenvalue weighted by atomic mass is 10.3. The molecule has 0 aliphatic heterocycles. The van der Waals surface area contributed by atoms with Crippen molar-refractivity contribution in [1.29, 1.82) is 0 Å². The molecule has 0 aliphatic rings. The van der Waals surface area contributed by atoms with Crippen LogP contribution in [0.2, 0.25) is 0 Å². The minimum atomic E-state index is 0.0141. The van der Waals surface area contributed by atoms with Crippen LogP contribution in [0.4, 0.5) is 11.6 Å². The molecule has 0 spiro atoms. The summed E-state index contributed by atoms with van der Waals surface area (Å²) in [6, 6.07) is 5.71. The Morgan fingerprint density at radius 2 is 1.72 bits per heavy atom. The molecule has 5 nitrogen and oxygen atoms in total. The van der Waals surface area contributed by atoms with Gasteiger partial charge in [0.15, 0.2) is 0 Å². The highest BCUT2D eigenvalue weighted by molar-refractivity contribution is 5.90. The molecule has 1 heterocycles. The van der Waals surface area contributed by atoms with Gasteiger partial charge in [0.05, 0.1) is 0 Å². The van der Waals surface area contributed by atoms with E-state index in [1.165, 1.54) is 0 Å². The zero-order chi connectivity index (χ0) is 13.7. The molecule has 0 bridgehead atoms. The number of carbonyl (C=O) groups is 1. The molecule has 1 rings (SSSR count). The zero-order valence-corrected chi connectivity index (χ0v) is 11.8. The topological polar surface area (TPSA) is 39.7 Å². The van der Waals surface area contributed by atoms with Crippen LogP contribution in [-0.4, -0.2) is 57.1 Å². The molecule has 0 radical (unpaired) electrons. The van der Waals surface area contributed by atoms with Gasteiger partial charge in [0.2, 0.25) is 5.91 Å². The number of anilines is 2. The fraction of sp³-hybridized carbons (Fsp3) is 0.538. The van der Waals surface area contributed by atoms with Gasteiger partial charge >= 0.3 is 0 Å². The van der Waals surface area contributed by atoms with E-state index in [1.54, 1.807) is 11.8 Å². The number of carbonyl (C=O) groups excluding carboxylic acids is 1. The Kier molecular flexibility index (Phi) is 5.09. The molecule has 0 saturated carbocycles. The van der Waals surface area contributed by atoms with Crippen molar-refractivity contribution in [2.45, 2.75) is 6.92 Å². The first-order chi connectivity index (χ1) is 8.41. The van der Waals surface area contributed by atoms with Crippen molar-refractivity contribution in [2.24, 2.45) is 0 Å². The first-order valence-corrected chi connectivity index (χ1v) is 5.99. The molecule has 0 N–H and O–H groups in total. The molecule has 0 fully saturated rings. The van der Waals surface area contributed by atoms with Crippen LogP contribution < -0.4 is 9.80 Å². The molecular weight excluding hydrogens is 228 g/mol. The third-order valence-electron chi connectivity index (χ3n) is 2.61. The standard InChI is InChI=1S/C13H22N4O/c1-11(18)17(10-9-15(2)3)13-8-6-7-12(14-13)16(4)5/h6-8H,9-10H2,1-5H3. The number of likely N-dealkylation sites (N-methyl/N-ethyl adjacent to an activating group) is 1. The van der Waals surface area contributed by atoms with Crippen LogP contribution in [0.15, 0.2) is 18.2 Å². The lowest BCUT2D eigenvalue weighted by Crippen LogP contribution is -2.35. The summed E-state index contributed by atoms with van der Waals surface area (Å²) in [5, 5.41) is 0. The van der Waals surface area contributed by atoms with Crippen LogP contribution in [0.25, 0.3) is 0 Å². The highest BCUT2D eigenvalue weighted by Gasteiger charge is 2.13. The van der Waals surface area contributed by atoms with E-state index in [2.05, 4.69) is 4.98 Å². The molecule has 5 heteroatoms. The lowest BCUT2D eigenvalue weighted by Gasteiger charge is -2.23. The summed E-state index contributed by atoms with van der Waals surface area (Å²) < 4.78 is 0. The average Bonchev–Trinajstić information content (AvgIpc) is 2.28. The average molecular weight is 250 g/mol. The van der Waals surface area contributed by atoms with Crippen molar-refractivity contribution < 1.29 is 4.79 Å². The minimum Gasteiger partial charge on any atom is -0.363 e. The second kappa shape index (κ2) is 6.35. The second-order valence-electron chi connectivity index (χ2n) is 4.72. The van der Waals surface area contributed by atoms with Crippen molar-refractivity contribution in [1.82, 2.24) is 9.88 Å². The molecule has 18 heavy (non-hydrogen) atoms. The van der Waals surface area contributed by atoms with Gasteiger partial charge in [0.1, 0.15) is 11.6 Å². The van der Waals surface area contributed by atoms with E-state index < -0.39 is 0 Å². The predicted octanol–water partition coefficient (Wildman–Crippen LogP) is 1.06. The molecule has 0 aromatic carbocycles. The number of nitrogens with zero attached hydrogens (tertiary/aromatic N) is 4. The summed E-state index contributed by atoms with van der Waals surface area (Å²) in [5.74, 6) is 1.57. The Hall–Kier alpha value is -1.62. The molecule has 1 aromatic rings. The largest absolute Gasteiger partial charge is 0.363 e. The number of hydrogen-bond acceptors (Lipinski definition) is 4. The number of hydrogen-bond donors (Lipinski definition) is 0. The Labute approximate surface area is 109 Å². The number of aromatic nitrogens is 1. The molecule has 0 unspecified atom stereocenters. The van der Waals surface area contributed by atoms with E-state index in [0.29, 0.717) is 12.4 Å². The van der Waals surface area contributed by atoms with Gasteiger partial charge in [-0.3, -0.25) is 9.69 Å². The molecule has 1 amide bonds. The monoisotopic (exact) mass is 250 g/mol. The summed E-state index contributed by atoms with van der Waals surface area (Å²) in [7, 11) is 7.85. The van der Waals surface area contributed by atoms with Gasteiger partial charge in [-0.05, 0) is 26.2 Å². The third kappa shape index (κ3) is 4.00. The van der Waals surface area contributed by atoms with Gasteiger partial charge in [-0.2, -0.15) is 0 Å². The lowest BCUT2D eigenvalue weighted by molar-refractivity contribution is -0.116. The minimum absolute atomic E-state index is 0.0141. The Bertz CT molecular complexity index is 404. The van der Waals surface area contributed by atoms with Crippen molar-refractivity contribution >= 4 is 17.5 Å². The van der Waals surface area contributed by atoms with Crippen molar-refractivity contribution in [3.63, 3.8) is 0 Å². The van der Waals surface area contributed by atoms with Gasteiger partial charge in [-0.25, -0.2) is 4.98 Å². The quantitative estimate of drug-likeness (QED) is 0.783. The fourth-order valence-electron chi connectivity index (χ4n) is 1.54. The first kappa shape index (κ1) is 14.4. The van der Waals surface area contributed by atoms with Crippen LogP contribution in [-0.2, 0) is 4.79 Å². The molecule has 0 atom stereocenters. The first-order valence-electron chi connectivity index (χ1n) is 5.99. The van der Waals surface area contributed by atoms with Crippen LogP contribution in [0.5, 0.6) is 0 Å². The number of amides is 1. The SMILES string of the molecule is CC(=O)N(CCN(C)C)c1cccc(N(C)C)n1. The summed E-state index contributed by atoms with van der Waals surface area (Å²) in [6.45, 7) is 3.03. The smallest absolute Gasteiger partial charge is 0.225 e. The predicted molar refractivity (Wildman–Crippen MR) is 75.1 cm³/mol. The van der Waals surface area contributed by atoms with E-state index >= 15 is 0 Å². The molecular formula is C13H22N4O. The van der Waals surface area contributed by atoms with E-state index in [0.717, 1.165) is 12.4 Å². The van der Waals surface area contributed by atoms with Crippen molar-refractivity contribution in [3.05, 3.63) is 18.2 Å². The van der Waals surface area contributed by atoms with E-state index in [4.69, 9.17) is 0 Å². The van der Waals surface area contributed by atoms with Gasteiger partial charge in [0, 0.05) is 34.1 Å². The highest BCUT2D eigenvalue weighted by atomic mass is 16.2. The summed E-state index contributed by atoms with van der Waals surface area (Å²) in [6.07, 6.45) is 0. The maximum Gasteiger partial charge on any atom is 0.225 e. The van der Waals surface area contributed by atoms with Crippen LogP contribution >= 0.6 is 0 Å². The third-order valence-corrected chi connectivity index (χ3v) is 2.61. The van der Waals surface area contributed by atoms with Crippen molar-refractivity contribution in [3.8, 4) is 0 Å². The molecule has 100 valence electrons. The fourth-order valence-corrected chi connectivity index (χ4v) is 1.54. The van der Waals surface area contributed by atoms with Gasteiger partial charge in [-0.15, -0.1) is 0 Å². The van der Waals surface area contributed by atoms with Crippen LogP contribution in [0, 0.1) is 0 Å². The molecule has 1 aromatic heterocycles.